The molecule has 43 heavy (non-hydrogen) atoms. The number of phenolic OH excluding ortho intramolecular Hbond substituents is 2. The Balaban J connectivity index is 1.86. The van der Waals surface area contributed by atoms with Gasteiger partial charge in [0, 0.05) is 0 Å². The van der Waals surface area contributed by atoms with Gasteiger partial charge in [-0.05, 0) is 0 Å². The van der Waals surface area contributed by atoms with Crippen LogP contribution in [0.15, 0.2) is 24.3 Å². The van der Waals surface area contributed by atoms with Crippen LogP contribution in [0.4, 0.5) is 0 Å². The van der Waals surface area contributed by atoms with Crippen LogP contribution in [0, 0.1) is 0 Å². The molecule has 2 N–H and O–H groups in total. The SMILES string of the molecule is CC(C)(C)c1cc(C[S]2=[Zr]=[S](Cc3cc(C(C)(C)C)cc(C(C)(C)C)c3O)[C@H]3CCCCCCC32)c(O)c(C(C)(C)C)c1. The molecule has 2 aromatic carbocycles. The van der Waals surface area contributed by atoms with E-state index in [1.54, 1.807) is 0 Å². The van der Waals surface area contributed by atoms with Crippen molar-refractivity contribution in [3.05, 3.63) is 57.6 Å². The molecule has 0 spiro atoms. The van der Waals surface area contributed by atoms with Gasteiger partial charge in [0.15, 0.2) is 0 Å². The molecule has 0 amide bonds. The topological polar surface area (TPSA) is 40.5 Å². The summed E-state index contributed by atoms with van der Waals surface area (Å²) in [6, 6.07) is 9.27. The van der Waals surface area contributed by atoms with Crippen molar-refractivity contribution in [1.82, 2.24) is 0 Å². The van der Waals surface area contributed by atoms with Crippen LogP contribution in [0.2, 0.25) is 0 Å². The zero-order chi connectivity index (χ0) is 32.1. The van der Waals surface area contributed by atoms with Crippen LogP contribution in [-0.4, -0.2) is 20.7 Å². The Morgan fingerprint density at radius 2 is 0.907 bits per heavy atom. The van der Waals surface area contributed by atoms with Crippen molar-refractivity contribution in [3.8, 4) is 11.5 Å². The first-order valence-electron chi connectivity index (χ1n) is 16.6. The third-order valence-corrected chi connectivity index (χ3v) is 31.2. The van der Waals surface area contributed by atoms with Gasteiger partial charge in [-0.2, -0.15) is 0 Å². The van der Waals surface area contributed by atoms with Gasteiger partial charge in [-0.15, -0.1) is 0 Å². The fourth-order valence-electron chi connectivity index (χ4n) is 6.56. The van der Waals surface area contributed by atoms with Crippen LogP contribution < -0.4 is 0 Å². The fourth-order valence-corrected chi connectivity index (χ4v) is 35.4. The molecule has 1 heterocycles. The molecule has 0 saturated heterocycles. The van der Waals surface area contributed by atoms with E-state index in [4.69, 9.17) is 0 Å². The maximum atomic E-state index is 11.7. The Labute approximate surface area is 276 Å². The van der Waals surface area contributed by atoms with E-state index in [0.29, 0.717) is 25.7 Å². The van der Waals surface area contributed by atoms with E-state index < -0.39 is 19.2 Å². The third-order valence-electron chi connectivity index (χ3n) is 9.43. The number of hydrogen-bond donors (Lipinski definition) is 2. The van der Waals surface area contributed by atoms with Gasteiger partial charge in [-0.1, -0.05) is 0 Å². The molecule has 1 saturated carbocycles. The fraction of sp³-hybridized carbons (Fsp3) is 0.684. The molecule has 0 radical (unpaired) electrons. The molecule has 1 aliphatic heterocycles. The predicted octanol–water partition coefficient (Wildman–Crippen LogP) is 11.5. The van der Waals surface area contributed by atoms with E-state index in [0.717, 1.165) is 33.1 Å². The molecular weight excluding hydrogens is 644 g/mol. The minimum absolute atomic E-state index is 0.0502. The molecule has 4 rings (SSSR count). The molecule has 2 aliphatic rings. The molecule has 3 unspecified atom stereocenters. The number of phenols is 2. The van der Waals surface area contributed by atoms with Gasteiger partial charge in [0.25, 0.3) is 0 Å². The summed E-state index contributed by atoms with van der Waals surface area (Å²) in [5.74, 6) is 3.26. The molecule has 0 bridgehead atoms. The van der Waals surface area contributed by atoms with Gasteiger partial charge in [0.2, 0.25) is 0 Å². The van der Waals surface area contributed by atoms with E-state index in [-0.39, 0.29) is 21.7 Å². The molecule has 240 valence electrons. The van der Waals surface area contributed by atoms with Crippen molar-refractivity contribution < 1.29 is 29.4 Å². The second kappa shape index (κ2) is 13.0. The summed E-state index contributed by atoms with van der Waals surface area (Å²) in [4.78, 5) is 0. The maximum absolute atomic E-state index is 11.7. The predicted molar refractivity (Wildman–Crippen MR) is 189 cm³/mol. The Kier molecular flexibility index (Phi) is 10.7. The van der Waals surface area contributed by atoms with Crippen LogP contribution >= 0.6 is 14.2 Å². The van der Waals surface area contributed by atoms with Gasteiger partial charge < -0.3 is 0 Å². The molecular formula is C38H60O2S2Zr. The molecule has 0 aromatic heterocycles. The molecule has 4 atom stereocenters. The van der Waals surface area contributed by atoms with Crippen molar-refractivity contribution in [1.29, 1.82) is 0 Å². The molecule has 1 fully saturated rings. The zero-order valence-electron chi connectivity index (χ0n) is 29.3. The van der Waals surface area contributed by atoms with Gasteiger partial charge in [0.05, 0.1) is 0 Å². The van der Waals surface area contributed by atoms with E-state index >= 15 is 0 Å². The van der Waals surface area contributed by atoms with E-state index in [2.05, 4.69) is 107 Å². The molecule has 2 nitrogen and oxygen atoms in total. The molecule has 5 heteroatoms. The number of hydrogen-bond acceptors (Lipinski definition) is 2. The third kappa shape index (κ3) is 8.32. The zero-order valence-corrected chi connectivity index (χ0v) is 33.4. The Morgan fingerprint density at radius 1 is 0.558 bits per heavy atom. The van der Waals surface area contributed by atoms with Crippen LogP contribution in [0.1, 0.15) is 155 Å². The molecule has 2 aromatic rings. The average molecular weight is 704 g/mol. The average Bonchev–Trinajstić information content (AvgIpc) is 3.12. The normalized spacial score (nSPS) is 23.6. The van der Waals surface area contributed by atoms with Crippen LogP contribution in [0.25, 0.3) is 0 Å². The number of benzene rings is 2. The summed E-state index contributed by atoms with van der Waals surface area (Å²) >= 11 is -0.778. The van der Waals surface area contributed by atoms with Gasteiger partial charge >= 0.3 is 278 Å². The Hall–Kier alpha value is -0.377. The van der Waals surface area contributed by atoms with Crippen LogP contribution in [0.5, 0.6) is 11.5 Å². The van der Waals surface area contributed by atoms with Gasteiger partial charge in [-0.3, -0.25) is 0 Å². The first-order chi connectivity index (χ1) is 19.7. The Morgan fingerprint density at radius 3 is 1.21 bits per heavy atom. The Bertz CT molecular complexity index is 1310. The first-order valence-corrected chi connectivity index (χ1v) is 25.5. The summed E-state index contributed by atoms with van der Waals surface area (Å²) in [5, 5.41) is 25.0. The van der Waals surface area contributed by atoms with Crippen molar-refractivity contribution in [2.24, 2.45) is 0 Å². The van der Waals surface area contributed by atoms with E-state index in [9.17, 15) is 10.2 Å². The number of rotatable bonds is 4. The second-order valence-corrected chi connectivity index (χ2v) is 33.0. The van der Waals surface area contributed by atoms with E-state index in [1.165, 1.54) is 60.8 Å². The number of aromatic hydroxyl groups is 2. The summed E-state index contributed by atoms with van der Waals surface area (Å²) in [5.41, 5.74) is 7.25. The van der Waals surface area contributed by atoms with Crippen molar-refractivity contribution in [3.63, 3.8) is 0 Å². The monoisotopic (exact) mass is 702 g/mol. The van der Waals surface area contributed by atoms with Crippen molar-refractivity contribution >= 4 is 14.2 Å². The summed E-state index contributed by atoms with van der Waals surface area (Å²) in [7, 11) is 0.783. The second-order valence-electron chi connectivity index (χ2n) is 17.4. The summed E-state index contributed by atoms with van der Waals surface area (Å²) < 4.78 is 0. The van der Waals surface area contributed by atoms with Crippen LogP contribution in [0.3, 0.4) is 0 Å². The summed E-state index contributed by atoms with van der Waals surface area (Å²) in [6.07, 6.45) is 8.21. The van der Waals surface area contributed by atoms with Crippen molar-refractivity contribution in [2.75, 3.05) is 0 Å². The van der Waals surface area contributed by atoms with E-state index in [1.807, 2.05) is 0 Å². The van der Waals surface area contributed by atoms with Gasteiger partial charge in [-0.25, -0.2) is 0 Å². The quantitative estimate of drug-likeness (QED) is 0.333. The summed E-state index contributed by atoms with van der Waals surface area (Å²) in [6.45, 7) is 27.2. The first kappa shape index (κ1) is 35.5. The van der Waals surface area contributed by atoms with Crippen LogP contribution in [-0.2, 0) is 52.3 Å². The molecule has 1 aliphatic carbocycles. The standard InChI is InChI=1S/C38H60O2S2.Zr/c1-35(2,3)27-19-25(33(39)29(21-27)37(7,8)9)23-41-31-17-15-13-14-16-18-32(31)42-24-26-20-28(36(4,5)6)22-30(34(26)40)38(10,11)12;/h19-22,31-32,39-40H,13-18,23-24H2,1-12H3;/t31-,32?;/m0./s1. The minimum atomic E-state index is -0.778. The number of fused-ring (bicyclic) bond motifs is 1. The van der Waals surface area contributed by atoms with Crippen molar-refractivity contribution in [2.45, 2.75) is 165 Å². The van der Waals surface area contributed by atoms with Gasteiger partial charge in [0.1, 0.15) is 0 Å².